The first-order valence-electron chi connectivity index (χ1n) is 19.2. The van der Waals surface area contributed by atoms with Gasteiger partial charge in [0, 0.05) is 53.1 Å². The molecule has 1 aliphatic rings. The van der Waals surface area contributed by atoms with Gasteiger partial charge in [-0.3, -0.25) is 19.4 Å². The van der Waals surface area contributed by atoms with Gasteiger partial charge in [0.05, 0.1) is 72.4 Å². The van der Waals surface area contributed by atoms with Gasteiger partial charge in [0.25, 0.3) is 0 Å². The molecule has 0 aliphatic carbocycles. The average molecular weight is 883 g/mol. The summed E-state index contributed by atoms with van der Waals surface area (Å²) in [6.45, 7) is 12.0. The summed E-state index contributed by atoms with van der Waals surface area (Å²) in [5.41, 5.74) is 0. The molecule has 5 rings (SSSR count). The van der Waals surface area contributed by atoms with Gasteiger partial charge in [-0.2, -0.15) is 0 Å². The fourth-order valence-corrected chi connectivity index (χ4v) is 9.08. The van der Waals surface area contributed by atoms with Crippen molar-refractivity contribution in [3.8, 4) is 23.0 Å². The summed E-state index contributed by atoms with van der Waals surface area (Å²) in [5, 5.41) is 8.06. The summed E-state index contributed by atoms with van der Waals surface area (Å²) < 4.78 is 58.2. The van der Waals surface area contributed by atoms with E-state index < -0.39 is 0 Å². The number of ether oxygens (including phenoxy) is 10. The number of thiophene rings is 4. The zero-order chi connectivity index (χ0) is 40.6. The molecule has 0 spiro atoms. The van der Waals surface area contributed by atoms with E-state index in [0.717, 1.165) is 42.5 Å². The van der Waals surface area contributed by atoms with Gasteiger partial charge in [0.2, 0.25) is 0 Å². The molecular weight excluding hydrogens is 829 g/mol. The van der Waals surface area contributed by atoms with Crippen molar-refractivity contribution in [2.45, 2.75) is 40.0 Å². The van der Waals surface area contributed by atoms with Crippen molar-refractivity contribution >= 4 is 57.3 Å². The number of nitrogens with zero attached hydrogens (tertiary/aromatic N) is 2. The van der Waals surface area contributed by atoms with E-state index in [1.807, 2.05) is 45.8 Å². The summed E-state index contributed by atoms with van der Waals surface area (Å²) in [6.07, 6.45) is 0. The largest absolute Gasteiger partial charge is 0.490 e. The first-order valence-corrected chi connectivity index (χ1v) is 22.8. The number of esters is 2. The average Bonchev–Trinajstić information content (AvgIpc) is 4.03. The highest BCUT2D eigenvalue weighted by atomic mass is 32.1. The smallest absolute Gasteiger partial charge is 0.302 e. The molecule has 0 saturated heterocycles. The molecule has 0 N–H and O–H groups in total. The van der Waals surface area contributed by atoms with Gasteiger partial charge >= 0.3 is 11.9 Å². The second-order valence-electron chi connectivity index (χ2n) is 12.8. The van der Waals surface area contributed by atoms with E-state index in [4.69, 9.17) is 47.4 Å². The van der Waals surface area contributed by atoms with Crippen LogP contribution in [0.4, 0.5) is 0 Å². The van der Waals surface area contributed by atoms with Crippen molar-refractivity contribution in [1.82, 2.24) is 9.80 Å². The van der Waals surface area contributed by atoms with Gasteiger partial charge < -0.3 is 47.4 Å². The maximum atomic E-state index is 11.5. The van der Waals surface area contributed by atoms with Crippen molar-refractivity contribution in [1.29, 1.82) is 0 Å². The fourth-order valence-electron chi connectivity index (χ4n) is 5.65. The Bertz CT molecular complexity index is 1510. The monoisotopic (exact) mass is 882 g/mol. The Balaban J connectivity index is 1.16. The van der Waals surface area contributed by atoms with Crippen molar-refractivity contribution in [2.75, 3.05) is 106 Å². The SMILES string of the molecule is CC(=O)OCCN1Cc2sccc2OCCOCCOCCOc2ccsc2CN(CCOC(C)=O)Cc2sccc2OCCOCCOCCOc2ccsc2C1. The summed E-state index contributed by atoms with van der Waals surface area (Å²) in [4.78, 5) is 31.8. The lowest BCUT2D eigenvalue weighted by atomic mass is 10.3. The number of hydrogen-bond acceptors (Lipinski definition) is 18. The van der Waals surface area contributed by atoms with Crippen molar-refractivity contribution < 1.29 is 57.0 Å². The van der Waals surface area contributed by atoms with Crippen LogP contribution in [0.1, 0.15) is 33.4 Å². The molecule has 0 saturated carbocycles. The summed E-state index contributed by atoms with van der Waals surface area (Å²) in [6, 6.07) is 7.89. The highest BCUT2D eigenvalue weighted by Gasteiger charge is 2.18. The fraction of sp³-hybridized carbons (Fsp3) is 0.550. The summed E-state index contributed by atoms with van der Waals surface area (Å²) >= 11 is 6.49. The summed E-state index contributed by atoms with van der Waals surface area (Å²) in [5.74, 6) is 2.63. The number of fused-ring (bicyclic) bond motifs is 4. The van der Waals surface area contributed by atoms with E-state index in [2.05, 4.69) is 9.80 Å². The van der Waals surface area contributed by atoms with Crippen LogP contribution in [0.2, 0.25) is 0 Å². The predicted octanol–water partition coefficient (Wildman–Crippen LogP) is 6.36. The Morgan fingerprint density at radius 3 is 0.983 bits per heavy atom. The molecule has 58 heavy (non-hydrogen) atoms. The zero-order valence-electron chi connectivity index (χ0n) is 33.2. The first-order chi connectivity index (χ1) is 28.4. The van der Waals surface area contributed by atoms with Crippen LogP contribution < -0.4 is 18.9 Å². The van der Waals surface area contributed by atoms with Crippen molar-refractivity contribution in [3.05, 3.63) is 65.3 Å². The van der Waals surface area contributed by atoms with Gasteiger partial charge in [-0.05, 0) is 45.8 Å². The molecule has 0 fully saturated rings. The minimum absolute atomic E-state index is 0.283. The van der Waals surface area contributed by atoms with Crippen LogP contribution in [-0.4, -0.2) is 127 Å². The number of rotatable bonds is 6. The minimum atomic E-state index is -0.305. The molecule has 5 heterocycles. The van der Waals surface area contributed by atoms with Gasteiger partial charge in [-0.1, -0.05) is 0 Å². The lowest BCUT2D eigenvalue weighted by molar-refractivity contribution is -0.142. The van der Waals surface area contributed by atoms with Crippen LogP contribution in [0, 0.1) is 0 Å². The molecule has 0 bridgehead atoms. The lowest BCUT2D eigenvalue weighted by Crippen LogP contribution is -2.27. The van der Waals surface area contributed by atoms with Crippen LogP contribution >= 0.6 is 45.3 Å². The molecule has 14 nitrogen and oxygen atoms in total. The van der Waals surface area contributed by atoms with Crippen LogP contribution in [0.15, 0.2) is 45.8 Å². The maximum absolute atomic E-state index is 11.5. The normalized spacial score (nSPS) is 17.3. The highest BCUT2D eigenvalue weighted by Crippen LogP contribution is 2.32. The van der Waals surface area contributed by atoms with Gasteiger partial charge in [-0.25, -0.2) is 0 Å². The van der Waals surface area contributed by atoms with E-state index in [0.29, 0.717) is 119 Å². The third-order valence-corrected chi connectivity index (χ3v) is 11.9. The van der Waals surface area contributed by atoms with Gasteiger partial charge in [0.15, 0.2) is 0 Å². The van der Waals surface area contributed by atoms with Crippen molar-refractivity contribution in [3.63, 3.8) is 0 Å². The molecule has 4 aromatic rings. The third-order valence-electron chi connectivity index (χ3n) is 8.40. The third kappa shape index (κ3) is 17.1. The van der Waals surface area contributed by atoms with E-state index in [9.17, 15) is 9.59 Å². The predicted molar refractivity (Wildman–Crippen MR) is 224 cm³/mol. The second kappa shape index (κ2) is 26.7. The minimum Gasteiger partial charge on any atom is -0.490 e. The Kier molecular flexibility index (Phi) is 21.1. The molecule has 0 radical (unpaired) electrons. The molecule has 320 valence electrons. The van der Waals surface area contributed by atoms with Crippen LogP contribution in [0.3, 0.4) is 0 Å². The standard InChI is InChI=1S/C40H54N2O12S4/c1-31(43)49-9-7-41-27-37-33(3-23-55-37)51-19-15-45-11-13-47-17-21-53-35-5-25-57-39(35)29-42(8-10-50-32(2)44)30-40-36(6-26-58-40)54-22-18-48-14-12-46-16-20-52-34-4-24-56-38(34)28-41/h3-6,23-26H,7-22,27-30H2,1-2H3. The number of carbonyl (C=O) groups is 2. The molecule has 18 heteroatoms. The number of hydrogen-bond donors (Lipinski definition) is 0. The Morgan fingerprint density at radius 2 is 0.724 bits per heavy atom. The van der Waals surface area contributed by atoms with Crippen LogP contribution in [-0.2, 0) is 64.2 Å². The first kappa shape index (κ1) is 45.8. The van der Waals surface area contributed by atoms with E-state index in [1.165, 1.54) is 13.8 Å². The lowest BCUT2D eigenvalue weighted by Gasteiger charge is -2.22. The quantitative estimate of drug-likeness (QED) is 0.199. The molecular formula is C40H54N2O12S4. The zero-order valence-corrected chi connectivity index (χ0v) is 36.5. The second-order valence-corrected chi connectivity index (χ2v) is 16.8. The number of carbonyl (C=O) groups excluding carboxylic acids is 2. The van der Waals surface area contributed by atoms with Crippen LogP contribution in [0.25, 0.3) is 0 Å². The molecule has 0 aromatic carbocycles. The maximum Gasteiger partial charge on any atom is 0.302 e. The van der Waals surface area contributed by atoms with E-state index in [1.54, 1.807) is 45.3 Å². The summed E-state index contributed by atoms with van der Waals surface area (Å²) in [7, 11) is 0. The Hall–Kier alpha value is -3.30. The van der Waals surface area contributed by atoms with Crippen molar-refractivity contribution in [2.24, 2.45) is 0 Å². The van der Waals surface area contributed by atoms with Gasteiger partial charge in [0.1, 0.15) is 62.6 Å². The Labute approximate surface area is 356 Å². The van der Waals surface area contributed by atoms with E-state index in [-0.39, 0.29) is 25.2 Å². The topological polar surface area (TPSA) is 133 Å². The molecule has 0 atom stereocenters. The molecule has 0 amide bonds. The van der Waals surface area contributed by atoms with E-state index >= 15 is 0 Å². The molecule has 0 unspecified atom stereocenters. The Morgan fingerprint density at radius 1 is 0.466 bits per heavy atom. The molecule has 1 aliphatic heterocycles. The highest BCUT2D eigenvalue weighted by molar-refractivity contribution is 7.11. The van der Waals surface area contributed by atoms with Gasteiger partial charge in [-0.15, -0.1) is 45.3 Å². The van der Waals surface area contributed by atoms with Crippen LogP contribution in [0.5, 0.6) is 23.0 Å². The molecule has 4 aromatic heterocycles.